The van der Waals surface area contributed by atoms with Gasteiger partial charge in [0.15, 0.2) is 29.8 Å². The summed E-state index contributed by atoms with van der Waals surface area (Å²) in [4.78, 5) is 175. The number of H-pyrrole nitrogens is 1. The molecule has 1 aromatic carbocycles. The van der Waals surface area contributed by atoms with Crippen LogP contribution in [0.5, 0.6) is 0 Å². The van der Waals surface area contributed by atoms with E-state index in [-0.39, 0.29) is 169 Å². The molecule has 0 bridgehead atoms. The summed E-state index contributed by atoms with van der Waals surface area (Å²) in [5.41, 5.74) is 40.8. The van der Waals surface area contributed by atoms with Gasteiger partial charge in [-0.3, -0.25) is 84.6 Å². The average Bonchev–Trinajstić information content (AvgIpc) is 1.45. The smallest absolute Gasteiger partial charge is 0.243 e. The third-order valence-corrected chi connectivity index (χ3v) is 20.0. The second kappa shape index (κ2) is 53.4. The lowest BCUT2D eigenvalue weighted by Crippen LogP contribution is -2.61. The molecule has 41 nitrogen and oxygen atoms in total. The minimum atomic E-state index is -1.53. The predicted molar refractivity (Wildman–Crippen MR) is 442 cm³/mol. The van der Waals surface area contributed by atoms with Gasteiger partial charge in [-0.25, -0.2) is 0 Å². The first-order chi connectivity index (χ1) is 53.9. The summed E-state index contributed by atoms with van der Waals surface area (Å²) in [6.07, 6.45) is 6.22. The Morgan fingerprint density at radius 1 is 0.386 bits per heavy atom. The summed E-state index contributed by atoms with van der Waals surface area (Å²) in [5.74, 6) is -12.3. The van der Waals surface area contributed by atoms with Crippen LogP contribution in [0.3, 0.4) is 0 Å². The van der Waals surface area contributed by atoms with E-state index in [9.17, 15) is 47.9 Å². The molecule has 0 saturated heterocycles. The Morgan fingerprint density at radius 3 is 1.04 bits per heavy atom. The standard InChI is InChI=1S/C71H127N29O12S2/c1-10-38(5)52(72)65(111)97-47(24-17-31-87-70(80)81)60(106)92-44(21-14-28-84-67(74)75)57(103)90-40(7)56(102)91-49(26-33-113-8)61(107)93-45(22-15-29-85-68(76)77)59(105)96-50(27-34-114-9)62(108)98-51(35-41-36-89-43-20-13-12-19-42(41)43)64(110)95-46(23-16-30-86-69(78)79)58(104)94-48(25-18-32-88-71(82)83)63(109)99-53(37(3)4)66(112)100-54(55(73)101)39(6)11-2/h12-13,19-20,36-40,44-54,89H,10-11,14-18,21-35,72H2,1-9H3,(H2,73,101)(H,90,103)(H,91,102)(H,92,106)(H,93,107)(H,94,104)(H,95,110)(H,96,105)(H,97,111)(H,98,108)(H,99,109)(H,100,112)(H4,74,75,84)(H4,76,77,85)(H4,78,79,86)(H4,80,81,87)(H4,82,83,88)/t38-,39-,40-,44-,45-,46-,47-,48-,49-,50-,51-,52-,53-,54-/m0/s1. The van der Waals surface area contributed by atoms with Crippen LogP contribution in [0.1, 0.15) is 144 Å². The summed E-state index contributed by atoms with van der Waals surface area (Å²) < 4.78 is 0. The molecular formula is C71H127N29O12S2. The molecule has 0 unspecified atom stereocenters. The molecule has 1 heterocycles. The molecule has 0 aliphatic carbocycles. The second-order valence-corrected chi connectivity index (χ2v) is 30.1. The van der Waals surface area contributed by atoms with Crippen molar-refractivity contribution in [2.45, 2.75) is 217 Å². The number of primary amides is 1. The number of benzene rings is 1. The normalized spacial score (nSPS) is 14.8. The molecule has 114 heavy (non-hydrogen) atoms. The summed E-state index contributed by atoms with van der Waals surface area (Å²) in [5, 5.41) is 82.0. The van der Waals surface area contributed by atoms with Gasteiger partial charge in [0.25, 0.3) is 0 Å². The molecule has 43 heteroatoms. The van der Waals surface area contributed by atoms with Crippen LogP contribution in [0, 0.1) is 44.8 Å². The number of hydrogen-bond donors (Lipinski definition) is 29. The molecule has 0 spiro atoms. The van der Waals surface area contributed by atoms with Crippen LogP contribution in [0.4, 0.5) is 0 Å². The molecule has 640 valence electrons. The number of thioether (sulfide) groups is 2. The number of hydrogen-bond acceptors (Lipinski definition) is 20. The van der Waals surface area contributed by atoms with Crippen molar-refractivity contribution in [2.75, 3.05) is 56.7 Å². The van der Waals surface area contributed by atoms with Crippen molar-refractivity contribution in [3.05, 3.63) is 36.0 Å². The van der Waals surface area contributed by atoms with Gasteiger partial charge in [-0.2, -0.15) is 23.5 Å². The van der Waals surface area contributed by atoms with E-state index in [2.05, 4.69) is 90.1 Å². The van der Waals surface area contributed by atoms with Gasteiger partial charge in [-0.15, -0.1) is 0 Å². The number of guanidine groups is 5. The van der Waals surface area contributed by atoms with Gasteiger partial charge in [-0.05, 0) is 137 Å². The Labute approximate surface area is 674 Å². The minimum absolute atomic E-state index is 0.0117. The molecule has 0 saturated carbocycles. The molecular weight excluding hydrogens is 1520 g/mol. The van der Waals surface area contributed by atoms with E-state index in [1.54, 1.807) is 70.7 Å². The summed E-state index contributed by atoms with van der Waals surface area (Å²) in [7, 11) is 0. The maximum absolute atomic E-state index is 15.2. The van der Waals surface area contributed by atoms with Crippen LogP contribution in [0.25, 0.3) is 10.9 Å². The molecule has 0 aliphatic rings. The first-order valence-corrected chi connectivity index (χ1v) is 41.0. The highest BCUT2D eigenvalue weighted by molar-refractivity contribution is 7.98. The number of amides is 12. The number of nitrogens with two attached hydrogens (primary N) is 7. The number of nitrogens with one attached hydrogen (secondary N) is 22. The number of fused-ring (bicyclic) bond motifs is 1. The van der Waals surface area contributed by atoms with Gasteiger partial charge >= 0.3 is 0 Å². The third kappa shape index (κ3) is 37.8. The molecule has 2 rings (SSSR count). The number of carbonyl (C=O) groups excluding carboxylic acids is 12. The maximum Gasteiger partial charge on any atom is 0.243 e. The van der Waals surface area contributed by atoms with E-state index < -0.39 is 149 Å². The highest BCUT2D eigenvalue weighted by Crippen LogP contribution is 2.21. The predicted octanol–water partition coefficient (Wildman–Crippen LogP) is -4.55. The zero-order chi connectivity index (χ0) is 85.7. The SMILES string of the molecule is CC[C@H](C)[C@H](N)C(=O)N[C@@H](CCCNC(=N)N)C(=O)N[C@@H](CCCNC(=N)N)C(=O)N[C@@H](C)C(=O)N[C@@H](CCSC)C(=O)N[C@@H](CCCNC(=N)N)C(=O)N[C@@H](CCSC)C(=O)N[C@@H](Cc1c[nH]c2ccccc12)C(=O)N[C@@H](CCCNC(=N)N)C(=O)N[C@@H](CCCNC(=N)N)C(=O)N[C@H](C(=O)N[C@H](C(N)=O)[C@@H](C)CC)C(C)C. The van der Waals surface area contributed by atoms with Crippen LogP contribution in [0.15, 0.2) is 30.5 Å². The number of para-hydroxylation sites is 1. The largest absolute Gasteiger partial charge is 0.370 e. The topological polar surface area (TPSA) is 714 Å². The number of aromatic amines is 1. The van der Waals surface area contributed by atoms with Crippen LogP contribution >= 0.6 is 23.5 Å². The summed E-state index contributed by atoms with van der Waals surface area (Å²) in [6, 6.07) is -8.81. The molecule has 1 aromatic heterocycles. The first-order valence-electron chi connectivity index (χ1n) is 38.2. The highest BCUT2D eigenvalue weighted by atomic mass is 32.2. The van der Waals surface area contributed by atoms with Crippen LogP contribution in [-0.2, 0) is 64.0 Å². The number of aromatic nitrogens is 1. The van der Waals surface area contributed by atoms with Gasteiger partial charge in [0.05, 0.1) is 6.04 Å². The lowest BCUT2D eigenvalue weighted by atomic mass is 9.96. The van der Waals surface area contributed by atoms with E-state index in [1.807, 2.05) is 13.8 Å². The molecule has 36 N–H and O–H groups in total. The maximum atomic E-state index is 15.2. The zero-order valence-corrected chi connectivity index (χ0v) is 68.5. The molecule has 0 aliphatic heterocycles. The fourth-order valence-corrected chi connectivity index (χ4v) is 12.5. The lowest BCUT2D eigenvalue weighted by molar-refractivity contribution is -0.136. The van der Waals surface area contributed by atoms with Gasteiger partial charge in [0.2, 0.25) is 70.9 Å². The third-order valence-electron chi connectivity index (χ3n) is 18.7. The summed E-state index contributed by atoms with van der Waals surface area (Å²) >= 11 is 2.65. The zero-order valence-electron chi connectivity index (χ0n) is 66.9. The van der Waals surface area contributed by atoms with Crippen molar-refractivity contribution < 1.29 is 57.5 Å². The van der Waals surface area contributed by atoms with Crippen molar-refractivity contribution in [1.29, 1.82) is 27.0 Å². The Balaban J connectivity index is 2.69. The lowest BCUT2D eigenvalue weighted by Gasteiger charge is -2.29. The van der Waals surface area contributed by atoms with Crippen molar-refractivity contribution in [3.8, 4) is 0 Å². The second-order valence-electron chi connectivity index (χ2n) is 28.2. The number of rotatable bonds is 56. The van der Waals surface area contributed by atoms with Gasteiger partial charge in [0.1, 0.15) is 66.5 Å². The van der Waals surface area contributed by atoms with Crippen molar-refractivity contribution >= 4 is 135 Å². The summed E-state index contributed by atoms with van der Waals surface area (Å²) in [6.45, 7) is 12.2. The highest BCUT2D eigenvalue weighted by Gasteiger charge is 2.38. The molecule has 0 radical (unpaired) electrons. The number of carbonyl (C=O) groups is 12. The first kappa shape index (κ1) is 99.5. The Bertz CT molecular complexity index is 3530. The van der Waals surface area contributed by atoms with Crippen molar-refractivity contribution in [3.63, 3.8) is 0 Å². The van der Waals surface area contributed by atoms with E-state index in [4.69, 9.17) is 67.2 Å². The van der Waals surface area contributed by atoms with Gasteiger partial charge in [0, 0.05) is 56.2 Å². The van der Waals surface area contributed by atoms with Crippen LogP contribution in [0.2, 0.25) is 0 Å². The van der Waals surface area contributed by atoms with Gasteiger partial charge in [-0.1, -0.05) is 72.6 Å². The van der Waals surface area contributed by atoms with Crippen LogP contribution < -0.4 is 125 Å². The quantitative estimate of drug-likeness (QED) is 0.0168. The van der Waals surface area contributed by atoms with E-state index >= 15 is 9.59 Å². The average molecular weight is 1640 g/mol. The monoisotopic (exact) mass is 1640 g/mol. The van der Waals surface area contributed by atoms with E-state index in [0.29, 0.717) is 29.3 Å². The molecule has 2 aromatic rings. The molecule has 12 amide bonds. The minimum Gasteiger partial charge on any atom is -0.370 e. The Morgan fingerprint density at radius 2 is 0.693 bits per heavy atom. The van der Waals surface area contributed by atoms with E-state index in [0.717, 1.165) is 0 Å². The van der Waals surface area contributed by atoms with E-state index in [1.165, 1.54) is 30.4 Å². The van der Waals surface area contributed by atoms with Crippen molar-refractivity contribution in [1.82, 2.24) is 90.1 Å². The van der Waals surface area contributed by atoms with Crippen molar-refractivity contribution in [2.24, 2.45) is 57.9 Å². The Hall–Kier alpha value is -10.6. The van der Waals surface area contributed by atoms with Gasteiger partial charge < -0.3 is 130 Å². The van der Waals surface area contributed by atoms with Crippen LogP contribution in [-0.4, -0.2) is 235 Å². The fourth-order valence-electron chi connectivity index (χ4n) is 11.6. The Kier molecular flexibility index (Phi) is 46.6. The molecule has 14 atom stereocenters. The fraction of sp³-hybridized carbons (Fsp3) is 0.648. The molecule has 0 fully saturated rings.